The molecule has 3 aromatic rings. The number of carbonyl (C=O) groups excluding carboxylic acids is 1. The van der Waals surface area contributed by atoms with E-state index in [9.17, 15) is 22.8 Å². The van der Waals surface area contributed by atoms with Crippen LogP contribution in [0.2, 0.25) is 0 Å². The molecule has 0 saturated heterocycles. The second-order valence-corrected chi connectivity index (χ2v) is 11.9. The summed E-state index contributed by atoms with van der Waals surface area (Å²) in [6, 6.07) is 7.78. The number of rotatable bonds is 5. The first-order chi connectivity index (χ1) is 17.2. The zero-order valence-electron chi connectivity index (χ0n) is 21.1. The van der Waals surface area contributed by atoms with Gasteiger partial charge in [-0.1, -0.05) is 39.0 Å². The molecule has 1 amide bonds. The minimum Gasteiger partial charge on any atom is -0.496 e. The molecule has 0 fully saturated rings. The van der Waals surface area contributed by atoms with Gasteiger partial charge in [-0.25, -0.2) is 17.6 Å². The number of amides is 1. The summed E-state index contributed by atoms with van der Waals surface area (Å²) in [5.41, 5.74) is 0.788. The first-order valence-electron chi connectivity index (χ1n) is 11.6. The first-order valence-corrected chi connectivity index (χ1v) is 13.5. The molecule has 37 heavy (non-hydrogen) atoms. The number of aromatic nitrogens is 2. The molecule has 1 aliphatic carbocycles. The fourth-order valence-corrected chi connectivity index (χ4v) is 5.24. The average Bonchev–Trinajstić information content (AvgIpc) is 3.20. The Kier molecular flexibility index (Phi) is 6.61. The monoisotopic (exact) mass is 529 g/mol. The van der Waals surface area contributed by atoms with Gasteiger partial charge in [-0.3, -0.25) is 23.9 Å². The van der Waals surface area contributed by atoms with Crippen LogP contribution in [0.4, 0.5) is 4.39 Å². The van der Waals surface area contributed by atoms with Crippen molar-refractivity contribution in [2.45, 2.75) is 44.9 Å². The summed E-state index contributed by atoms with van der Waals surface area (Å²) in [6.07, 6.45) is 3.06. The van der Waals surface area contributed by atoms with E-state index < -0.39 is 44.3 Å². The zero-order valence-corrected chi connectivity index (χ0v) is 22.0. The van der Waals surface area contributed by atoms with Crippen molar-refractivity contribution >= 4 is 15.9 Å². The van der Waals surface area contributed by atoms with Gasteiger partial charge < -0.3 is 4.74 Å². The van der Waals surface area contributed by atoms with Crippen molar-refractivity contribution in [3.05, 3.63) is 79.9 Å². The quantitative estimate of drug-likeness (QED) is 0.523. The number of H-pyrrole nitrogens is 1. The van der Waals surface area contributed by atoms with Gasteiger partial charge in [-0.2, -0.15) is 0 Å². The molecule has 4 rings (SSSR count). The Morgan fingerprint density at radius 2 is 1.89 bits per heavy atom. The minimum absolute atomic E-state index is 0.0483. The van der Waals surface area contributed by atoms with Crippen LogP contribution in [-0.4, -0.2) is 37.2 Å². The van der Waals surface area contributed by atoms with E-state index >= 15 is 4.39 Å². The normalized spacial score (nSPS) is 15.4. The molecule has 196 valence electrons. The highest BCUT2D eigenvalue weighted by Gasteiger charge is 2.32. The average molecular weight is 530 g/mol. The van der Waals surface area contributed by atoms with E-state index in [1.807, 2.05) is 25.5 Å². The van der Waals surface area contributed by atoms with Gasteiger partial charge in [-0.15, -0.1) is 0 Å². The number of fused-ring (bicyclic) bond motifs is 1. The van der Waals surface area contributed by atoms with E-state index in [1.165, 1.54) is 19.4 Å². The third kappa shape index (κ3) is 5.08. The first kappa shape index (κ1) is 26.3. The number of benzene rings is 2. The number of nitrogens with zero attached hydrogens (tertiary/aromatic N) is 1. The zero-order chi connectivity index (χ0) is 27.3. The highest BCUT2D eigenvalue weighted by molar-refractivity contribution is 7.89. The predicted molar refractivity (Wildman–Crippen MR) is 137 cm³/mol. The van der Waals surface area contributed by atoms with E-state index in [2.05, 4.69) is 4.98 Å². The van der Waals surface area contributed by atoms with Gasteiger partial charge in [-0.05, 0) is 41.0 Å². The number of hydrogen-bond donors (Lipinski definition) is 2. The van der Waals surface area contributed by atoms with Crippen molar-refractivity contribution in [3.8, 4) is 22.6 Å². The van der Waals surface area contributed by atoms with E-state index in [1.54, 1.807) is 18.2 Å². The number of sulfonamides is 1. The van der Waals surface area contributed by atoms with Crippen LogP contribution in [0.15, 0.2) is 46.1 Å². The van der Waals surface area contributed by atoms with E-state index in [4.69, 9.17) is 4.74 Å². The molecule has 1 aromatic heterocycles. The summed E-state index contributed by atoms with van der Waals surface area (Å²) >= 11 is 0. The van der Waals surface area contributed by atoms with Crippen molar-refractivity contribution in [2.75, 3.05) is 13.4 Å². The van der Waals surface area contributed by atoms with Crippen LogP contribution in [0.25, 0.3) is 16.8 Å². The van der Waals surface area contributed by atoms with Crippen LogP contribution in [0.1, 0.15) is 49.8 Å². The topological polar surface area (TPSA) is 127 Å². The fourth-order valence-electron chi connectivity index (χ4n) is 4.74. The minimum atomic E-state index is -3.70. The number of aryl methyl sites for hydroxylation is 1. The lowest BCUT2D eigenvalue weighted by Gasteiger charge is -2.26. The summed E-state index contributed by atoms with van der Waals surface area (Å²) in [7, 11) is -2.26. The van der Waals surface area contributed by atoms with Gasteiger partial charge in [0.05, 0.1) is 30.5 Å². The molecule has 1 atom stereocenters. The number of methoxy groups -OCH3 is 1. The molecule has 0 spiro atoms. The molecule has 1 heterocycles. The molecule has 0 radical (unpaired) electrons. The lowest BCUT2D eigenvalue weighted by Crippen LogP contribution is -2.33. The number of halogens is 1. The fraction of sp³-hybridized carbons (Fsp3) is 0.346. The number of ether oxygens (including phenoxy) is 1. The highest BCUT2D eigenvalue weighted by Crippen LogP contribution is 2.45. The van der Waals surface area contributed by atoms with E-state index in [0.717, 1.165) is 22.5 Å². The van der Waals surface area contributed by atoms with Gasteiger partial charge in [0.2, 0.25) is 15.9 Å². The molecule has 0 aliphatic heterocycles. The Bertz CT molecular complexity index is 1630. The van der Waals surface area contributed by atoms with Crippen molar-refractivity contribution in [1.82, 2.24) is 14.3 Å². The molecule has 0 bridgehead atoms. The molecule has 0 saturated carbocycles. The lowest BCUT2D eigenvalue weighted by atomic mass is 9.83. The Labute approximate surface area is 213 Å². The van der Waals surface area contributed by atoms with Gasteiger partial charge >= 0.3 is 5.69 Å². The molecule has 2 aromatic carbocycles. The van der Waals surface area contributed by atoms with Crippen LogP contribution >= 0.6 is 0 Å². The van der Waals surface area contributed by atoms with Crippen LogP contribution in [0.5, 0.6) is 5.75 Å². The Hall–Kier alpha value is -3.73. The maximum atomic E-state index is 16.2. The van der Waals surface area contributed by atoms with Crippen LogP contribution in [-0.2, 0) is 26.7 Å². The van der Waals surface area contributed by atoms with Crippen molar-refractivity contribution in [2.24, 2.45) is 0 Å². The van der Waals surface area contributed by atoms with Crippen LogP contribution < -0.4 is 20.7 Å². The van der Waals surface area contributed by atoms with Crippen LogP contribution in [0, 0.1) is 5.82 Å². The van der Waals surface area contributed by atoms with E-state index in [-0.39, 0.29) is 11.3 Å². The van der Waals surface area contributed by atoms with Crippen LogP contribution in [0.3, 0.4) is 0 Å². The Morgan fingerprint density at radius 3 is 2.49 bits per heavy atom. The Morgan fingerprint density at radius 1 is 1.19 bits per heavy atom. The number of hydrogen-bond acceptors (Lipinski definition) is 6. The Balaban J connectivity index is 1.93. The predicted octanol–water partition coefficient (Wildman–Crippen LogP) is 2.74. The third-order valence-electron chi connectivity index (χ3n) is 6.40. The third-order valence-corrected chi connectivity index (χ3v) is 6.98. The van der Waals surface area contributed by atoms with Gasteiger partial charge in [0.1, 0.15) is 5.75 Å². The summed E-state index contributed by atoms with van der Waals surface area (Å²) in [6.45, 7) is 5.79. The summed E-state index contributed by atoms with van der Waals surface area (Å²) in [4.78, 5) is 38.8. The molecule has 1 aliphatic rings. The molecule has 1 unspecified atom stereocenters. The molecular formula is C26H28FN3O6S. The number of aromatic amines is 1. The second-order valence-electron chi connectivity index (χ2n) is 10.1. The summed E-state index contributed by atoms with van der Waals surface area (Å²) in [5.74, 6) is -1.66. The molecule has 11 heteroatoms. The van der Waals surface area contributed by atoms with Gasteiger partial charge in [0, 0.05) is 17.8 Å². The lowest BCUT2D eigenvalue weighted by molar-refractivity contribution is -0.120. The van der Waals surface area contributed by atoms with Gasteiger partial charge in [0.15, 0.2) is 5.82 Å². The maximum Gasteiger partial charge on any atom is 0.333 e. The van der Waals surface area contributed by atoms with Crippen molar-refractivity contribution in [3.63, 3.8) is 0 Å². The van der Waals surface area contributed by atoms with Gasteiger partial charge in [0.25, 0.3) is 5.56 Å². The number of carbonyl (C=O) groups is 1. The molecule has 2 N–H and O–H groups in total. The maximum absolute atomic E-state index is 16.2. The summed E-state index contributed by atoms with van der Waals surface area (Å²) in [5, 5.41) is 0. The number of nitrogens with one attached hydrogen (secondary N) is 2. The smallest absolute Gasteiger partial charge is 0.333 e. The standard InChI is InChI=1S/C26H28FN3O6S/c1-26(2,3)18-13-19(30-11-10-20(31)28-25(30)33)22(27)21(23(18)36-4)15-7-8-16-14(12-15)6-9-17(16)24(32)29-37(5,34)35/h7-8,10-13,17H,6,9H2,1-5H3,(H,29,32)(H,28,31,33). The summed E-state index contributed by atoms with van der Waals surface area (Å²) < 4.78 is 48.0. The highest BCUT2D eigenvalue weighted by atomic mass is 32.2. The molecular weight excluding hydrogens is 501 g/mol. The van der Waals surface area contributed by atoms with E-state index in [0.29, 0.717) is 35.3 Å². The largest absolute Gasteiger partial charge is 0.496 e. The molecule has 9 nitrogen and oxygen atoms in total. The SMILES string of the molecule is COc1c(C(C)(C)C)cc(-n2ccc(=O)[nH]c2=O)c(F)c1-c1ccc2c(c1)CCC2C(=O)NS(C)(=O)=O. The van der Waals surface area contributed by atoms with Crippen molar-refractivity contribution in [1.29, 1.82) is 0 Å². The second kappa shape index (κ2) is 9.29. The van der Waals surface area contributed by atoms with Crippen molar-refractivity contribution < 1.29 is 22.3 Å².